The van der Waals surface area contributed by atoms with Crippen molar-refractivity contribution in [2.24, 2.45) is 0 Å². The average Bonchev–Trinajstić information content (AvgIpc) is 2.60. The van der Waals surface area contributed by atoms with Gasteiger partial charge >= 0.3 is 0 Å². The average molecular weight is 408 g/mol. The highest BCUT2D eigenvalue weighted by molar-refractivity contribution is 7.80. The van der Waals surface area contributed by atoms with Gasteiger partial charge in [0.25, 0.3) is 0 Å². The Hall–Kier alpha value is -1.37. The van der Waals surface area contributed by atoms with E-state index in [1.165, 1.54) is 0 Å². The summed E-state index contributed by atoms with van der Waals surface area (Å²) in [5, 5.41) is 13.8. The third-order valence-electron chi connectivity index (χ3n) is 6.04. The monoisotopic (exact) mass is 407 g/mol. The fraction of sp³-hybridized carbons (Fsp3) is 0.682. The minimum atomic E-state index is -0.552. The van der Waals surface area contributed by atoms with Gasteiger partial charge in [-0.2, -0.15) is 0 Å². The molecule has 1 atom stereocenters. The van der Waals surface area contributed by atoms with Crippen molar-refractivity contribution in [3.05, 3.63) is 22.3 Å². The molecule has 0 spiro atoms. The maximum Gasteiger partial charge on any atom is 0.162 e. The van der Waals surface area contributed by atoms with Crippen LogP contribution in [0.5, 0.6) is 11.5 Å². The lowest BCUT2D eigenvalue weighted by molar-refractivity contribution is -0.267. The van der Waals surface area contributed by atoms with Crippen LogP contribution in [0.1, 0.15) is 62.8 Å². The Morgan fingerprint density at radius 2 is 1.64 bits per heavy atom. The molecule has 2 N–H and O–H groups in total. The number of phenols is 1. The predicted molar refractivity (Wildman–Crippen MR) is 114 cm³/mol. The first-order valence-corrected chi connectivity index (χ1v) is 10.4. The number of rotatable bonds is 3. The molecular formula is C22H33NO4S. The summed E-state index contributed by atoms with van der Waals surface area (Å²) in [6.07, 6.45) is 2.34. The summed E-state index contributed by atoms with van der Waals surface area (Å²) in [4.78, 5) is 0.755. The zero-order chi connectivity index (χ0) is 20.9. The third kappa shape index (κ3) is 4.14. The first kappa shape index (κ1) is 21.3. The summed E-state index contributed by atoms with van der Waals surface area (Å²) in [5.74, 6) is 0.736. The first-order valence-electron chi connectivity index (χ1n) is 9.94. The number of nitrogens with one attached hydrogen (secondary N) is 1. The molecule has 1 aromatic rings. The highest BCUT2D eigenvalue weighted by Gasteiger charge is 2.39. The summed E-state index contributed by atoms with van der Waals surface area (Å²) in [7, 11) is 0. The van der Waals surface area contributed by atoms with E-state index in [1.54, 1.807) is 0 Å². The van der Waals surface area contributed by atoms with Crippen molar-refractivity contribution in [1.29, 1.82) is 0 Å². The molecule has 5 nitrogen and oxygen atoms in total. The molecule has 0 aliphatic carbocycles. The van der Waals surface area contributed by atoms with Gasteiger partial charge in [0.05, 0.1) is 23.7 Å². The Morgan fingerprint density at radius 3 is 2.25 bits per heavy atom. The maximum absolute atomic E-state index is 10.4. The highest BCUT2D eigenvalue weighted by atomic mass is 32.1. The summed E-state index contributed by atoms with van der Waals surface area (Å²) < 4.78 is 18.1. The largest absolute Gasteiger partial charge is 0.507 e. The second-order valence-corrected chi connectivity index (χ2v) is 9.84. The highest BCUT2D eigenvalue weighted by Crippen LogP contribution is 2.44. The van der Waals surface area contributed by atoms with Crippen LogP contribution in [0.4, 0.5) is 0 Å². The number of phenolic OH excluding ortho intramolecular Hbond substituents is 1. The predicted octanol–water partition coefficient (Wildman–Crippen LogP) is 4.25. The number of thiocarbonyl (C=S) groups is 1. The normalized spacial score (nSPS) is 25.5. The van der Waals surface area contributed by atoms with Gasteiger partial charge < -0.3 is 24.6 Å². The van der Waals surface area contributed by atoms with Gasteiger partial charge in [0.2, 0.25) is 0 Å². The lowest BCUT2D eigenvalue weighted by Crippen LogP contribution is -2.59. The van der Waals surface area contributed by atoms with Crippen LogP contribution in [0.25, 0.3) is 0 Å². The Balaban J connectivity index is 1.71. The molecule has 6 heteroatoms. The Morgan fingerprint density at radius 1 is 1.04 bits per heavy atom. The molecule has 156 valence electrons. The second kappa shape index (κ2) is 7.15. The second-order valence-electron chi connectivity index (χ2n) is 9.35. The number of ether oxygens (including phenoxy) is 3. The van der Waals surface area contributed by atoms with Gasteiger partial charge in [0, 0.05) is 12.0 Å². The van der Waals surface area contributed by atoms with E-state index in [-0.39, 0.29) is 11.1 Å². The molecule has 3 rings (SSSR count). The van der Waals surface area contributed by atoms with Crippen molar-refractivity contribution in [3.8, 4) is 11.5 Å². The van der Waals surface area contributed by atoms with E-state index in [2.05, 4.69) is 19.2 Å². The summed E-state index contributed by atoms with van der Waals surface area (Å²) in [6, 6.07) is 0. The molecule has 28 heavy (non-hydrogen) atoms. The first-order chi connectivity index (χ1) is 12.8. The van der Waals surface area contributed by atoms with Crippen LogP contribution in [0.15, 0.2) is 0 Å². The molecule has 0 radical (unpaired) electrons. The molecule has 1 fully saturated rings. The van der Waals surface area contributed by atoms with Gasteiger partial charge in [-0.1, -0.05) is 12.2 Å². The van der Waals surface area contributed by atoms with E-state index in [1.807, 2.05) is 34.6 Å². The van der Waals surface area contributed by atoms with Gasteiger partial charge in [-0.3, -0.25) is 0 Å². The number of hydrogen-bond donors (Lipinski definition) is 2. The molecule has 0 amide bonds. The van der Waals surface area contributed by atoms with Crippen LogP contribution < -0.4 is 10.1 Å². The van der Waals surface area contributed by atoms with Gasteiger partial charge in [-0.15, -0.1) is 0 Å². The van der Waals surface area contributed by atoms with Crippen LogP contribution in [-0.4, -0.2) is 40.2 Å². The number of benzene rings is 1. The zero-order valence-electron chi connectivity index (χ0n) is 18.1. The summed E-state index contributed by atoms with van der Waals surface area (Å²) >= 11 is 5.68. The molecule has 2 aliphatic rings. The molecular weight excluding hydrogens is 374 g/mol. The molecule has 0 saturated carbocycles. The topological polar surface area (TPSA) is 60.0 Å². The molecule has 1 aromatic carbocycles. The van der Waals surface area contributed by atoms with Crippen LogP contribution in [-0.2, 0) is 15.9 Å². The number of aromatic hydroxyl groups is 1. The standard InChI is InChI=1S/C22H33NO4S/c1-13-14(2)19-16(15(3)18(13)24)8-9-22(7,27-19)10-17(28)23-21(6)11-25-20(4,5)26-12-21/h24H,8-12H2,1-7H3,(H,23,28). The minimum Gasteiger partial charge on any atom is -0.507 e. The Bertz CT molecular complexity index is 794. The molecule has 1 unspecified atom stereocenters. The smallest absolute Gasteiger partial charge is 0.162 e. The van der Waals surface area contributed by atoms with E-state index < -0.39 is 5.79 Å². The third-order valence-corrected chi connectivity index (χ3v) is 6.29. The maximum atomic E-state index is 10.4. The molecule has 2 heterocycles. The minimum absolute atomic E-state index is 0.343. The molecule has 2 aliphatic heterocycles. The number of fused-ring (bicyclic) bond motifs is 1. The zero-order valence-corrected chi connectivity index (χ0v) is 18.9. The van der Waals surface area contributed by atoms with Crippen LogP contribution in [0, 0.1) is 20.8 Å². The van der Waals surface area contributed by atoms with Crippen LogP contribution in [0.2, 0.25) is 0 Å². The molecule has 1 saturated heterocycles. The SMILES string of the molecule is Cc1c(C)c2c(c(C)c1O)CCC(C)(CC(=S)NC1(C)COC(C)(C)OC1)O2. The molecule has 0 aromatic heterocycles. The van der Waals surface area contributed by atoms with Crippen molar-refractivity contribution in [2.75, 3.05) is 13.2 Å². The quantitative estimate of drug-likeness (QED) is 0.731. The number of hydrogen-bond acceptors (Lipinski definition) is 5. The van der Waals surface area contributed by atoms with Gasteiger partial charge in [0.1, 0.15) is 17.1 Å². The van der Waals surface area contributed by atoms with Crippen molar-refractivity contribution in [1.82, 2.24) is 5.32 Å². The van der Waals surface area contributed by atoms with Crippen molar-refractivity contribution in [3.63, 3.8) is 0 Å². The lowest BCUT2D eigenvalue weighted by atomic mass is 9.85. The van der Waals surface area contributed by atoms with Crippen molar-refractivity contribution >= 4 is 17.2 Å². The van der Waals surface area contributed by atoms with E-state index in [0.717, 1.165) is 45.8 Å². The lowest BCUT2D eigenvalue weighted by Gasteiger charge is -2.43. The summed E-state index contributed by atoms with van der Waals surface area (Å²) in [5.41, 5.74) is 3.19. The van der Waals surface area contributed by atoms with Crippen LogP contribution >= 0.6 is 12.2 Å². The Kier molecular flexibility index (Phi) is 5.45. The van der Waals surface area contributed by atoms with Gasteiger partial charge in [-0.25, -0.2) is 0 Å². The van der Waals surface area contributed by atoms with Gasteiger partial charge in [0.15, 0.2) is 5.79 Å². The summed E-state index contributed by atoms with van der Waals surface area (Å²) in [6.45, 7) is 15.0. The van der Waals surface area contributed by atoms with E-state index >= 15 is 0 Å². The van der Waals surface area contributed by atoms with E-state index in [9.17, 15) is 5.11 Å². The Labute approximate surface area is 173 Å². The fourth-order valence-corrected chi connectivity index (χ4v) is 4.51. The fourth-order valence-electron chi connectivity index (χ4n) is 3.96. The van der Waals surface area contributed by atoms with Crippen molar-refractivity contribution < 1.29 is 19.3 Å². The van der Waals surface area contributed by atoms with Gasteiger partial charge in [-0.05, 0) is 78.0 Å². The molecule has 0 bridgehead atoms. The van der Waals surface area contributed by atoms with Crippen LogP contribution in [0.3, 0.4) is 0 Å². The van der Waals surface area contributed by atoms with Crippen molar-refractivity contribution in [2.45, 2.75) is 84.7 Å². The van der Waals surface area contributed by atoms with E-state index in [0.29, 0.717) is 25.4 Å². The van der Waals surface area contributed by atoms with E-state index in [4.69, 9.17) is 26.4 Å².